The SMILES string of the molecule is COCC(=O)NC[C@@H]1OCCc2cn(CC3CCOCC3)nc21. The number of ether oxygens (including phenoxy) is 3. The molecule has 0 saturated carbocycles. The molecule has 7 heteroatoms. The molecule has 1 saturated heterocycles. The molecule has 1 atom stereocenters. The second-order valence-electron chi connectivity index (χ2n) is 6.16. The topological polar surface area (TPSA) is 74.6 Å². The monoisotopic (exact) mass is 323 g/mol. The summed E-state index contributed by atoms with van der Waals surface area (Å²) in [6, 6.07) is 0. The molecular formula is C16H25N3O4. The van der Waals surface area contributed by atoms with Crippen LogP contribution in [0.1, 0.15) is 30.2 Å². The molecule has 0 unspecified atom stereocenters. The summed E-state index contributed by atoms with van der Waals surface area (Å²) in [4.78, 5) is 11.5. The number of methoxy groups -OCH3 is 1. The number of nitrogens with one attached hydrogen (secondary N) is 1. The Morgan fingerprint density at radius 2 is 2.26 bits per heavy atom. The summed E-state index contributed by atoms with van der Waals surface area (Å²) >= 11 is 0. The molecule has 1 aromatic rings. The molecule has 0 aromatic carbocycles. The highest BCUT2D eigenvalue weighted by atomic mass is 16.5. The van der Waals surface area contributed by atoms with Crippen LogP contribution in [0.25, 0.3) is 0 Å². The van der Waals surface area contributed by atoms with Crippen molar-refractivity contribution in [2.75, 3.05) is 40.1 Å². The molecule has 2 aliphatic heterocycles. The Labute approximate surface area is 136 Å². The van der Waals surface area contributed by atoms with Crippen LogP contribution in [-0.2, 0) is 32.0 Å². The van der Waals surface area contributed by atoms with E-state index < -0.39 is 0 Å². The Kier molecular flexibility index (Phi) is 5.64. The van der Waals surface area contributed by atoms with Gasteiger partial charge in [0.2, 0.25) is 5.91 Å². The predicted molar refractivity (Wildman–Crippen MR) is 83.1 cm³/mol. The summed E-state index contributed by atoms with van der Waals surface area (Å²) in [5, 5.41) is 7.55. The van der Waals surface area contributed by atoms with Gasteiger partial charge in [-0.25, -0.2) is 0 Å². The molecule has 0 bridgehead atoms. The lowest BCUT2D eigenvalue weighted by atomic mass is 10.0. The van der Waals surface area contributed by atoms with Crippen molar-refractivity contribution in [3.05, 3.63) is 17.5 Å². The van der Waals surface area contributed by atoms with Gasteiger partial charge in [-0.3, -0.25) is 9.48 Å². The normalized spacial score (nSPS) is 21.9. The second-order valence-corrected chi connectivity index (χ2v) is 6.16. The van der Waals surface area contributed by atoms with Crippen LogP contribution in [-0.4, -0.2) is 55.8 Å². The van der Waals surface area contributed by atoms with E-state index in [9.17, 15) is 4.79 Å². The van der Waals surface area contributed by atoms with Gasteiger partial charge in [-0.1, -0.05) is 0 Å². The van der Waals surface area contributed by atoms with Gasteiger partial charge in [0.1, 0.15) is 12.7 Å². The lowest BCUT2D eigenvalue weighted by Crippen LogP contribution is -2.33. The van der Waals surface area contributed by atoms with Gasteiger partial charge in [0, 0.05) is 39.6 Å². The molecule has 1 N–H and O–H groups in total. The van der Waals surface area contributed by atoms with Crippen LogP contribution in [0.4, 0.5) is 0 Å². The second kappa shape index (κ2) is 7.90. The molecule has 1 aromatic heterocycles. The van der Waals surface area contributed by atoms with Crippen LogP contribution in [0.15, 0.2) is 6.20 Å². The summed E-state index contributed by atoms with van der Waals surface area (Å²) < 4.78 is 18.1. The van der Waals surface area contributed by atoms with E-state index in [2.05, 4.69) is 11.5 Å². The number of hydrogen-bond donors (Lipinski definition) is 1. The Balaban J connectivity index is 1.60. The van der Waals surface area contributed by atoms with Crippen molar-refractivity contribution in [1.82, 2.24) is 15.1 Å². The zero-order valence-corrected chi connectivity index (χ0v) is 13.6. The summed E-state index contributed by atoms with van der Waals surface area (Å²) in [5.74, 6) is 0.496. The van der Waals surface area contributed by atoms with Gasteiger partial charge in [-0.05, 0) is 30.7 Å². The maximum absolute atomic E-state index is 11.5. The molecule has 1 amide bonds. The third-order valence-electron chi connectivity index (χ3n) is 4.41. The van der Waals surface area contributed by atoms with Crippen LogP contribution >= 0.6 is 0 Å². The Morgan fingerprint density at radius 3 is 3.04 bits per heavy atom. The zero-order valence-electron chi connectivity index (χ0n) is 13.6. The molecule has 7 nitrogen and oxygen atoms in total. The van der Waals surface area contributed by atoms with E-state index in [0.29, 0.717) is 19.1 Å². The van der Waals surface area contributed by atoms with E-state index in [4.69, 9.17) is 19.3 Å². The smallest absolute Gasteiger partial charge is 0.246 e. The standard InChI is InChI=1S/C16H25N3O4/c1-21-11-15(20)17-8-14-16-13(4-7-23-14)10-19(18-16)9-12-2-5-22-6-3-12/h10,12,14H,2-9,11H2,1H3,(H,17,20)/t14-/m0/s1. The van der Waals surface area contributed by atoms with E-state index in [1.807, 2.05) is 4.68 Å². The molecular weight excluding hydrogens is 298 g/mol. The van der Waals surface area contributed by atoms with E-state index in [-0.39, 0.29) is 18.6 Å². The quantitative estimate of drug-likeness (QED) is 0.833. The van der Waals surface area contributed by atoms with Gasteiger partial charge in [0.25, 0.3) is 0 Å². The maximum atomic E-state index is 11.5. The Hall–Kier alpha value is -1.44. The van der Waals surface area contributed by atoms with Crippen molar-refractivity contribution in [2.45, 2.75) is 31.9 Å². The van der Waals surface area contributed by atoms with E-state index in [0.717, 1.165) is 44.7 Å². The first-order chi connectivity index (χ1) is 11.3. The van der Waals surface area contributed by atoms with Crippen LogP contribution in [0.5, 0.6) is 0 Å². The largest absolute Gasteiger partial charge is 0.381 e. The number of aromatic nitrogens is 2. The fourth-order valence-corrected chi connectivity index (χ4v) is 3.16. The Morgan fingerprint density at radius 1 is 1.43 bits per heavy atom. The molecule has 0 aliphatic carbocycles. The summed E-state index contributed by atoms with van der Waals surface area (Å²) in [6.45, 7) is 3.80. The fraction of sp³-hybridized carbons (Fsp3) is 0.750. The number of hydrogen-bond acceptors (Lipinski definition) is 5. The van der Waals surface area contributed by atoms with E-state index in [1.165, 1.54) is 12.7 Å². The molecule has 2 aliphatic rings. The Bertz CT molecular complexity index is 525. The molecule has 3 rings (SSSR count). The minimum atomic E-state index is -0.171. The minimum Gasteiger partial charge on any atom is -0.381 e. The zero-order chi connectivity index (χ0) is 16.1. The van der Waals surface area contributed by atoms with Crippen LogP contribution in [0.2, 0.25) is 0 Å². The van der Waals surface area contributed by atoms with Crippen molar-refractivity contribution in [3.8, 4) is 0 Å². The van der Waals surface area contributed by atoms with Crippen molar-refractivity contribution in [3.63, 3.8) is 0 Å². The number of fused-ring (bicyclic) bond motifs is 1. The first kappa shape index (κ1) is 16.4. The fourth-order valence-electron chi connectivity index (χ4n) is 3.16. The summed E-state index contributed by atoms with van der Waals surface area (Å²) in [5.41, 5.74) is 2.19. The van der Waals surface area contributed by atoms with Crippen LogP contribution in [0.3, 0.4) is 0 Å². The van der Waals surface area contributed by atoms with E-state index in [1.54, 1.807) is 0 Å². The van der Waals surface area contributed by atoms with Crippen molar-refractivity contribution < 1.29 is 19.0 Å². The average molecular weight is 323 g/mol. The number of carbonyl (C=O) groups excluding carboxylic acids is 1. The van der Waals surface area contributed by atoms with Crippen molar-refractivity contribution in [2.24, 2.45) is 5.92 Å². The number of nitrogens with zero attached hydrogens (tertiary/aromatic N) is 2. The van der Waals surface area contributed by atoms with E-state index >= 15 is 0 Å². The predicted octanol–water partition coefficient (Wildman–Crippen LogP) is 0.686. The van der Waals surface area contributed by atoms with Crippen LogP contribution in [0, 0.1) is 5.92 Å². The van der Waals surface area contributed by atoms with Gasteiger partial charge >= 0.3 is 0 Å². The van der Waals surface area contributed by atoms with Crippen molar-refractivity contribution >= 4 is 5.91 Å². The molecule has 3 heterocycles. The lowest BCUT2D eigenvalue weighted by Gasteiger charge is -2.22. The average Bonchev–Trinajstić information content (AvgIpc) is 2.97. The van der Waals surface area contributed by atoms with Crippen molar-refractivity contribution in [1.29, 1.82) is 0 Å². The van der Waals surface area contributed by atoms with Gasteiger partial charge in [0.05, 0.1) is 12.3 Å². The first-order valence-electron chi connectivity index (χ1n) is 8.27. The lowest BCUT2D eigenvalue weighted by molar-refractivity contribution is -0.125. The highest BCUT2D eigenvalue weighted by Crippen LogP contribution is 2.26. The molecule has 23 heavy (non-hydrogen) atoms. The molecule has 0 radical (unpaired) electrons. The number of carbonyl (C=O) groups is 1. The summed E-state index contributed by atoms with van der Waals surface area (Å²) in [6.07, 6.45) is 5.04. The highest BCUT2D eigenvalue weighted by molar-refractivity contribution is 5.77. The number of amides is 1. The minimum absolute atomic E-state index is 0.0672. The molecule has 128 valence electrons. The van der Waals surface area contributed by atoms with Gasteiger partial charge in [-0.15, -0.1) is 0 Å². The molecule has 1 fully saturated rings. The van der Waals surface area contributed by atoms with Gasteiger partial charge in [0.15, 0.2) is 0 Å². The third kappa shape index (κ3) is 4.31. The highest BCUT2D eigenvalue weighted by Gasteiger charge is 2.26. The first-order valence-corrected chi connectivity index (χ1v) is 8.27. The summed E-state index contributed by atoms with van der Waals surface area (Å²) in [7, 11) is 1.51. The maximum Gasteiger partial charge on any atom is 0.246 e. The van der Waals surface area contributed by atoms with Gasteiger partial charge < -0.3 is 19.5 Å². The number of rotatable bonds is 6. The van der Waals surface area contributed by atoms with Gasteiger partial charge in [-0.2, -0.15) is 5.10 Å². The molecule has 0 spiro atoms. The van der Waals surface area contributed by atoms with Crippen LogP contribution < -0.4 is 5.32 Å². The third-order valence-corrected chi connectivity index (χ3v) is 4.41.